The quantitative estimate of drug-likeness (QED) is 0.628. The molecule has 0 aromatic rings. The molecular weight excluding hydrogens is 206 g/mol. The van der Waals surface area contributed by atoms with E-state index >= 15 is 0 Å². The van der Waals surface area contributed by atoms with Gasteiger partial charge in [-0.25, -0.2) is 0 Å². The first-order valence-electron chi connectivity index (χ1n) is 10.2. The summed E-state index contributed by atoms with van der Waals surface area (Å²) in [4.78, 5) is -0.860. The van der Waals surface area contributed by atoms with Gasteiger partial charge in [-0.2, -0.15) is 8.42 Å². The highest BCUT2D eigenvalue weighted by Crippen LogP contribution is 2.03. The first-order chi connectivity index (χ1) is 11.8. The molecule has 0 aromatic heterocycles. The lowest BCUT2D eigenvalue weighted by Gasteiger charge is -2.28. The van der Waals surface area contributed by atoms with Gasteiger partial charge in [0.25, 0.3) is 10.1 Å². The van der Waals surface area contributed by atoms with Gasteiger partial charge < -0.3 is 4.74 Å². The van der Waals surface area contributed by atoms with Crippen LogP contribution in [-0.4, -0.2) is 58.3 Å². The molecule has 0 bridgehead atoms. The van der Waals surface area contributed by atoms with Gasteiger partial charge >= 0.3 is 0 Å². The molecule has 1 aliphatic heterocycles. The highest BCUT2D eigenvalue weighted by atomic mass is 32.2. The molecule has 0 amide bonds. The standard InChI is InChI=1S/C8H17NO4S/c1-8(13-14(2,10)11)7-9-3-5-12-6-4-9/h8H,3-7H2,1-2H3/i1D3,3D2,4D2,5D2,6D2,7D2,8D. The molecule has 0 saturated carbocycles. The Morgan fingerprint density at radius 2 is 2.43 bits per heavy atom. The molecule has 1 heterocycles. The molecule has 14 heavy (non-hydrogen) atoms. The van der Waals surface area contributed by atoms with Gasteiger partial charge in [0, 0.05) is 31.8 Å². The van der Waals surface area contributed by atoms with E-state index in [0.717, 1.165) is 0 Å². The van der Waals surface area contributed by atoms with Crippen molar-refractivity contribution in [3.63, 3.8) is 0 Å². The summed E-state index contributed by atoms with van der Waals surface area (Å²) in [6, 6.07) is 0. The molecule has 1 atom stereocenters. The van der Waals surface area contributed by atoms with Crippen molar-refractivity contribution < 1.29 is 36.5 Å². The van der Waals surface area contributed by atoms with E-state index in [4.69, 9.17) is 19.2 Å². The first kappa shape index (κ1) is 2.94. The maximum Gasteiger partial charge on any atom is 0.264 e. The Balaban J connectivity index is 3.91. The van der Waals surface area contributed by atoms with E-state index in [1.165, 1.54) is 0 Å². The zero-order valence-corrected chi connectivity index (χ0v) is 7.80. The smallest absolute Gasteiger partial charge is 0.264 e. The lowest BCUT2D eigenvalue weighted by atomic mass is 10.3. The Bertz CT molecular complexity index is 706. The third kappa shape index (κ3) is 4.90. The highest BCUT2D eigenvalue weighted by molar-refractivity contribution is 7.86. The average molecular weight is 237 g/mol. The van der Waals surface area contributed by atoms with E-state index in [1.807, 2.05) is 0 Å². The Morgan fingerprint density at radius 1 is 1.79 bits per heavy atom. The summed E-state index contributed by atoms with van der Waals surface area (Å²) >= 11 is 0. The molecule has 0 spiro atoms. The summed E-state index contributed by atoms with van der Waals surface area (Å²) in [6.07, 6.45) is -3.96. The molecule has 0 aliphatic carbocycles. The fraction of sp³-hybridized carbons (Fsp3) is 1.00. The van der Waals surface area contributed by atoms with E-state index in [9.17, 15) is 8.42 Å². The van der Waals surface area contributed by atoms with Gasteiger partial charge in [0.05, 0.1) is 32.3 Å². The largest absolute Gasteiger partial charge is 0.379 e. The molecule has 1 rings (SSSR count). The van der Waals surface area contributed by atoms with Crippen LogP contribution in [0.15, 0.2) is 0 Å². The van der Waals surface area contributed by atoms with Crippen molar-refractivity contribution in [1.29, 1.82) is 0 Å². The number of ether oxygens (including phenoxy) is 1. The molecule has 1 unspecified atom stereocenters. The lowest BCUT2D eigenvalue weighted by molar-refractivity contribution is 0.0229. The number of morpholine rings is 1. The zero-order valence-electron chi connectivity index (χ0n) is 21.0. The number of nitrogens with zero attached hydrogens (tertiary/aromatic N) is 1. The summed E-state index contributed by atoms with van der Waals surface area (Å²) in [5.74, 6) is 0. The van der Waals surface area contributed by atoms with Crippen LogP contribution in [0.1, 0.15) is 26.0 Å². The second-order valence-corrected chi connectivity index (χ2v) is 3.67. The van der Waals surface area contributed by atoms with Crippen molar-refractivity contribution in [3.05, 3.63) is 0 Å². The van der Waals surface area contributed by atoms with E-state index in [0.29, 0.717) is 0 Å². The Hall–Kier alpha value is -0.170. The van der Waals surface area contributed by atoms with Gasteiger partial charge in [-0.3, -0.25) is 9.08 Å². The first-order valence-corrected chi connectivity index (χ1v) is 5.01. The normalized spacial score (nSPS) is 55.5. The summed E-state index contributed by atoms with van der Waals surface area (Å²) in [5, 5.41) is 0. The van der Waals surface area contributed by atoms with Gasteiger partial charge in [-0.15, -0.1) is 0 Å². The third-order valence-electron chi connectivity index (χ3n) is 0.865. The number of hydrogen-bond acceptors (Lipinski definition) is 5. The summed E-state index contributed by atoms with van der Waals surface area (Å²) in [6.45, 7) is -23.6. The van der Waals surface area contributed by atoms with Crippen molar-refractivity contribution in [2.24, 2.45) is 0 Å². The van der Waals surface area contributed by atoms with Crippen molar-refractivity contribution in [1.82, 2.24) is 4.90 Å². The number of hydrogen-bond donors (Lipinski definition) is 0. The maximum absolute atomic E-state index is 11.5. The number of rotatable bonds is 4. The fourth-order valence-corrected chi connectivity index (χ4v) is 0.858. The molecule has 0 aromatic carbocycles. The molecule has 1 fully saturated rings. The van der Waals surface area contributed by atoms with Crippen LogP contribution in [-0.2, 0) is 19.0 Å². The summed E-state index contributed by atoms with van der Waals surface area (Å²) in [7, 11) is -4.90. The summed E-state index contributed by atoms with van der Waals surface area (Å²) < 4.78 is 138. The minimum Gasteiger partial charge on any atom is -0.379 e. The van der Waals surface area contributed by atoms with E-state index in [1.54, 1.807) is 0 Å². The van der Waals surface area contributed by atoms with E-state index < -0.39 is 60.6 Å². The molecule has 1 saturated heterocycles. The zero-order chi connectivity index (χ0) is 23.0. The molecule has 5 nitrogen and oxygen atoms in total. The monoisotopic (exact) mass is 237 g/mol. The van der Waals surface area contributed by atoms with Crippen LogP contribution in [0.4, 0.5) is 0 Å². The van der Waals surface area contributed by atoms with E-state index in [-0.39, 0.29) is 6.26 Å². The van der Waals surface area contributed by atoms with Crippen LogP contribution >= 0.6 is 0 Å². The molecular formula is C8H17NO4S. The molecule has 1 aliphatic rings. The summed E-state index contributed by atoms with van der Waals surface area (Å²) in [5.41, 5.74) is 0. The Kier molecular flexibility index (Phi) is 1.06. The third-order valence-corrected chi connectivity index (χ3v) is 1.33. The van der Waals surface area contributed by atoms with E-state index in [2.05, 4.69) is 8.92 Å². The topological polar surface area (TPSA) is 55.8 Å². The Labute approximate surface area is 105 Å². The second-order valence-electron chi connectivity index (χ2n) is 2.09. The molecule has 84 valence electrons. The van der Waals surface area contributed by atoms with Gasteiger partial charge in [-0.05, 0) is 6.85 Å². The molecule has 6 heteroatoms. The molecule has 0 radical (unpaired) electrons. The minimum atomic E-state index is -4.90. The van der Waals surface area contributed by atoms with Gasteiger partial charge in [0.2, 0.25) is 0 Å². The van der Waals surface area contributed by atoms with Crippen LogP contribution in [0, 0.1) is 0 Å². The van der Waals surface area contributed by atoms with Gasteiger partial charge in [0.15, 0.2) is 0 Å². The maximum atomic E-state index is 11.5. The van der Waals surface area contributed by atoms with Gasteiger partial charge in [0.1, 0.15) is 0 Å². The highest BCUT2D eigenvalue weighted by Gasteiger charge is 2.16. The van der Waals surface area contributed by atoms with Crippen LogP contribution in [0.3, 0.4) is 0 Å². The predicted molar refractivity (Wildman–Crippen MR) is 52.6 cm³/mol. The van der Waals surface area contributed by atoms with Crippen LogP contribution < -0.4 is 0 Å². The van der Waals surface area contributed by atoms with Crippen LogP contribution in [0.5, 0.6) is 0 Å². The SMILES string of the molecule is [2H]C([2H])([2H])C([2H])(OS(C)(=O)=O)C([2H])([2H])N1C([2H])([2H])C([2H])([2H])OC([2H])([2H])C1([2H])[2H]. The van der Waals surface area contributed by atoms with Gasteiger partial charge in [-0.1, -0.05) is 0 Å². The van der Waals surface area contributed by atoms with Crippen molar-refractivity contribution in [3.8, 4) is 0 Å². The van der Waals surface area contributed by atoms with Crippen molar-refractivity contribution >= 4 is 10.1 Å². The lowest BCUT2D eigenvalue weighted by Crippen LogP contribution is -2.41. The fourth-order valence-electron chi connectivity index (χ4n) is 0.518. The van der Waals surface area contributed by atoms with Crippen molar-refractivity contribution in [2.45, 2.75) is 12.9 Å². The van der Waals surface area contributed by atoms with Crippen molar-refractivity contribution in [2.75, 3.05) is 38.9 Å². The van der Waals surface area contributed by atoms with Crippen LogP contribution in [0.25, 0.3) is 0 Å². The predicted octanol–water partition coefficient (Wildman–Crippen LogP) is -0.317. The minimum absolute atomic E-state index is 0.263. The molecule has 0 N–H and O–H groups in total. The second kappa shape index (κ2) is 5.06. The average Bonchev–Trinajstić information content (AvgIpc) is 2.30. The Morgan fingerprint density at radius 3 is 2.93 bits per heavy atom. The van der Waals surface area contributed by atoms with Crippen LogP contribution in [0.2, 0.25) is 0 Å².